The summed E-state index contributed by atoms with van der Waals surface area (Å²) in [4.78, 5) is 15.9. The van der Waals surface area contributed by atoms with E-state index in [2.05, 4.69) is 15.4 Å². The molecule has 0 saturated carbocycles. The number of nitrogens with zero attached hydrogens (tertiary/aromatic N) is 3. The standard InChI is InChI=1S/C13H17N5O/c1-9(2)7-16-13(19)11-8-17-18(12(11)14)10-3-5-15-6-4-10/h3-6,8-9H,7,14H2,1-2H3,(H,16,19). The van der Waals surface area contributed by atoms with Crippen molar-refractivity contribution >= 4 is 11.7 Å². The van der Waals surface area contributed by atoms with Crippen LogP contribution in [0.1, 0.15) is 24.2 Å². The number of hydrogen-bond donors (Lipinski definition) is 2. The minimum absolute atomic E-state index is 0.202. The van der Waals surface area contributed by atoms with Gasteiger partial charge in [0.05, 0.1) is 11.9 Å². The van der Waals surface area contributed by atoms with Crippen LogP contribution in [0.4, 0.5) is 5.82 Å². The molecule has 0 spiro atoms. The molecule has 0 atom stereocenters. The Labute approximate surface area is 111 Å². The predicted molar refractivity (Wildman–Crippen MR) is 72.9 cm³/mol. The summed E-state index contributed by atoms with van der Waals surface area (Å²) in [7, 11) is 0. The van der Waals surface area contributed by atoms with Crippen LogP contribution in [-0.4, -0.2) is 27.2 Å². The topological polar surface area (TPSA) is 85.8 Å². The number of amides is 1. The third-order valence-corrected chi connectivity index (χ3v) is 2.63. The Morgan fingerprint density at radius 3 is 2.74 bits per heavy atom. The Morgan fingerprint density at radius 2 is 2.11 bits per heavy atom. The maximum Gasteiger partial charge on any atom is 0.256 e. The molecule has 2 heterocycles. The van der Waals surface area contributed by atoms with Crippen molar-refractivity contribution in [2.45, 2.75) is 13.8 Å². The summed E-state index contributed by atoms with van der Waals surface area (Å²) in [5, 5.41) is 6.96. The molecular formula is C13H17N5O. The van der Waals surface area contributed by atoms with Gasteiger partial charge in [0.1, 0.15) is 11.4 Å². The second-order valence-corrected chi connectivity index (χ2v) is 4.66. The first-order valence-electron chi connectivity index (χ1n) is 6.11. The molecule has 6 heteroatoms. The third-order valence-electron chi connectivity index (χ3n) is 2.63. The number of nitrogen functional groups attached to an aromatic ring is 1. The predicted octanol–water partition coefficient (Wildman–Crippen LogP) is 1.24. The zero-order valence-corrected chi connectivity index (χ0v) is 11.0. The largest absolute Gasteiger partial charge is 0.383 e. The second kappa shape index (κ2) is 5.51. The van der Waals surface area contributed by atoms with Gasteiger partial charge < -0.3 is 11.1 Å². The molecule has 0 fully saturated rings. The van der Waals surface area contributed by atoms with Crippen LogP contribution in [0.2, 0.25) is 0 Å². The molecule has 2 rings (SSSR count). The van der Waals surface area contributed by atoms with Gasteiger partial charge >= 0.3 is 0 Å². The van der Waals surface area contributed by atoms with Crippen LogP contribution in [0.15, 0.2) is 30.7 Å². The summed E-state index contributed by atoms with van der Waals surface area (Å²) in [6, 6.07) is 3.55. The second-order valence-electron chi connectivity index (χ2n) is 4.66. The van der Waals surface area contributed by atoms with Crippen LogP contribution in [0.5, 0.6) is 0 Å². The molecule has 100 valence electrons. The molecular weight excluding hydrogens is 242 g/mol. The van der Waals surface area contributed by atoms with Gasteiger partial charge in [-0.1, -0.05) is 13.8 Å². The van der Waals surface area contributed by atoms with Crippen LogP contribution in [0.25, 0.3) is 5.69 Å². The maximum atomic E-state index is 12.0. The van der Waals surface area contributed by atoms with E-state index < -0.39 is 0 Å². The molecule has 19 heavy (non-hydrogen) atoms. The van der Waals surface area contributed by atoms with Crippen molar-refractivity contribution in [1.82, 2.24) is 20.1 Å². The van der Waals surface area contributed by atoms with Gasteiger partial charge in [-0.25, -0.2) is 4.68 Å². The van der Waals surface area contributed by atoms with Gasteiger partial charge in [0.15, 0.2) is 0 Å². The SMILES string of the molecule is CC(C)CNC(=O)c1cnn(-c2ccncc2)c1N. The number of rotatable bonds is 4. The van der Waals surface area contributed by atoms with Gasteiger partial charge in [0.2, 0.25) is 0 Å². The summed E-state index contributed by atoms with van der Waals surface area (Å²) in [6.45, 7) is 4.67. The van der Waals surface area contributed by atoms with Crippen LogP contribution >= 0.6 is 0 Å². The van der Waals surface area contributed by atoms with Crippen LogP contribution in [0.3, 0.4) is 0 Å². The minimum atomic E-state index is -0.202. The fraction of sp³-hybridized carbons (Fsp3) is 0.308. The van der Waals surface area contributed by atoms with Crippen molar-refractivity contribution in [3.63, 3.8) is 0 Å². The van der Waals surface area contributed by atoms with Gasteiger partial charge in [-0.05, 0) is 18.1 Å². The van der Waals surface area contributed by atoms with Gasteiger partial charge in [-0.2, -0.15) is 5.10 Å². The molecule has 0 aliphatic heterocycles. The molecule has 6 nitrogen and oxygen atoms in total. The average Bonchev–Trinajstić information content (AvgIpc) is 2.79. The average molecular weight is 259 g/mol. The van der Waals surface area contributed by atoms with E-state index in [0.717, 1.165) is 5.69 Å². The summed E-state index contributed by atoms with van der Waals surface area (Å²) in [5.74, 6) is 0.513. The first-order chi connectivity index (χ1) is 9.09. The number of anilines is 1. The van der Waals surface area contributed by atoms with Gasteiger partial charge in [-0.3, -0.25) is 9.78 Å². The number of aromatic nitrogens is 3. The van der Waals surface area contributed by atoms with Crippen molar-refractivity contribution in [2.75, 3.05) is 12.3 Å². The number of hydrogen-bond acceptors (Lipinski definition) is 4. The fourth-order valence-electron chi connectivity index (χ4n) is 1.62. The van der Waals surface area contributed by atoms with Crippen LogP contribution in [0, 0.1) is 5.92 Å². The van der Waals surface area contributed by atoms with E-state index in [9.17, 15) is 4.79 Å². The van der Waals surface area contributed by atoms with Crippen molar-refractivity contribution in [3.05, 3.63) is 36.3 Å². The van der Waals surface area contributed by atoms with E-state index in [4.69, 9.17) is 5.73 Å². The van der Waals surface area contributed by atoms with Crippen LogP contribution < -0.4 is 11.1 Å². The first kappa shape index (κ1) is 13.1. The number of nitrogens with one attached hydrogen (secondary N) is 1. The van der Waals surface area contributed by atoms with E-state index in [1.54, 1.807) is 24.5 Å². The summed E-state index contributed by atoms with van der Waals surface area (Å²) in [6.07, 6.45) is 4.77. The summed E-state index contributed by atoms with van der Waals surface area (Å²) >= 11 is 0. The molecule has 2 aromatic rings. The Bertz CT molecular complexity index is 562. The fourth-order valence-corrected chi connectivity index (χ4v) is 1.62. The summed E-state index contributed by atoms with van der Waals surface area (Å²) in [5.41, 5.74) is 7.12. The highest BCUT2D eigenvalue weighted by atomic mass is 16.1. The van der Waals surface area contributed by atoms with E-state index >= 15 is 0 Å². The van der Waals surface area contributed by atoms with Crippen molar-refractivity contribution < 1.29 is 4.79 Å². The maximum absolute atomic E-state index is 12.0. The molecule has 0 aromatic carbocycles. The lowest BCUT2D eigenvalue weighted by atomic mass is 10.2. The highest BCUT2D eigenvalue weighted by molar-refractivity contribution is 5.98. The van der Waals surface area contributed by atoms with E-state index in [1.165, 1.54) is 10.9 Å². The smallest absolute Gasteiger partial charge is 0.256 e. The molecule has 0 aliphatic rings. The quantitative estimate of drug-likeness (QED) is 0.864. The zero-order valence-electron chi connectivity index (χ0n) is 11.0. The number of pyridine rings is 1. The minimum Gasteiger partial charge on any atom is -0.383 e. The molecule has 0 unspecified atom stereocenters. The van der Waals surface area contributed by atoms with Crippen molar-refractivity contribution in [3.8, 4) is 5.69 Å². The van der Waals surface area contributed by atoms with Gasteiger partial charge in [0, 0.05) is 18.9 Å². The van der Waals surface area contributed by atoms with E-state index in [-0.39, 0.29) is 5.91 Å². The van der Waals surface area contributed by atoms with Crippen molar-refractivity contribution in [1.29, 1.82) is 0 Å². The Balaban J connectivity index is 2.21. The normalized spacial score (nSPS) is 10.7. The molecule has 2 aromatic heterocycles. The Hall–Kier alpha value is -2.37. The molecule has 0 aliphatic carbocycles. The van der Waals surface area contributed by atoms with Gasteiger partial charge in [0.25, 0.3) is 5.91 Å². The molecule has 1 amide bonds. The van der Waals surface area contributed by atoms with E-state index in [1.807, 2.05) is 13.8 Å². The Morgan fingerprint density at radius 1 is 1.42 bits per heavy atom. The lowest BCUT2D eigenvalue weighted by Gasteiger charge is -2.07. The number of carbonyl (C=O) groups excluding carboxylic acids is 1. The highest BCUT2D eigenvalue weighted by Gasteiger charge is 2.15. The lowest BCUT2D eigenvalue weighted by Crippen LogP contribution is -2.27. The summed E-state index contributed by atoms with van der Waals surface area (Å²) < 4.78 is 1.52. The van der Waals surface area contributed by atoms with Crippen LogP contribution in [-0.2, 0) is 0 Å². The third kappa shape index (κ3) is 2.90. The number of nitrogens with two attached hydrogens (primary N) is 1. The molecule has 0 bridgehead atoms. The van der Waals surface area contributed by atoms with Crippen molar-refractivity contribution in [2.24, 2.45) is 5.92 Å². The monoisotopic (exact) mass is 259 g/mol. The number of carbonyl (C=O) groups is 1. The molecule has 0 radical (unpaired) electrons. The Kier molecular flexibility index (Phi) is 3.79. The first-order valence-corrected chi connectivity index (χ1v) is 6.11. The molecule has 3 N–H and O–H groups in total. The highest BCUT2D eigenvalue weighted by Crippen LogP contribution is 2.16. The molecule has 0 saturated heterocycles. The van der Waals surface area contributed by atoms with E-state index in [0.29, 0.717) is 23.8 Å². The lowest BCUT2D eigenvalue weighted by molar-refractivity contribution is 0.0950. The zero-order chi connectivity index (χ0) is 13.8. The van der Waals surface area contributed by atoms with Gasteiger partial charge in [-0.15, -0.1) is 0 Å².